The van der Waals surface area contributed by atoms with E-state index in [9.17, 15) is 4.79 Å². The molecule has 0 spiro atoms. The maximum atomic E-state index is 11.1. The number of nitrogens with one attached hydrogen (secondary N) is 1. The lowest BCUT2D eigenvalue weighted by atomic mass is 10.2. The number of nitrogens with two attached hydrogens (primary N) is 1. The number of rotatable bonds is 7. The summed E-state index contributed by atoms with van der Waals surface area (Å²) in [7, 11) is 1.63. The van der Waals surface area contributed by atoms with Gasteiger partial charge in [-0.3, -0.25) is 4.79 Å². The van der Waals surface area contributed by atoms with Gasteiger partial charge in [-0.05, 0) is 24.6 Å². The summed E-state index contributed by atoms with van der Waals surface area (Å²) in [5, 5.41) is 2.68. The predicted octanol–water partition coefficient (Wildman–Crippen LogP) is 1.10. The van der Waals surface area contributed by atoms with Crippen LogP contribution < -0.4 is 15.8 Å². The van der Waals surface area contributed by atoms with E-state index < -0.39 is 6.04 Å². The van der Waals surface area contributed by atoms with Crippen LogP contribution in [0.1, 0.15) is 12.5 Å². The second kappa shape index (κ2) is 9.61. The Balaban J connectivity index is 0.00000324. The van der Waals surface area contributed by atoms with E-state index in [0.29, 0.717) is 19.8 Å². The first-order valence-electron chi connectivity index (χ1n) is 5.87. The second-order valence-corrected chi connectivity index (χ2v) is 3.98. The van der Waals surface area contributed by atoms with Gasteiger partial charge in [-0.2, -0.15) is 0 Å². The van der Waals surface area contributed by atoms with E-state index in [-0.39, 0.29) is 18.3 Å². The standard InChI is InChI=1S/C13H20N2O3.ClH/c1-10(14)13(16)15-7-8-18-9-11-3-5-12(17-2)6-4-11;/h3-6,10H,7-9,14H2,1-2H3,(H,15,16);1H. The number of methoxy groups -OCH3 is 1. The summed E-state index contributed by atoms with van der Waals surface area (Å²) in [6.45, 7) is 3.09. The van der Waals surface area contributed by atoms with Gasteiger partial charge in [0.25, 0.3) is 0 Å². The molecule has 1 rings (SSSR count). The fourth-order valence-electron chi connectivity index (χ4n) is 1.32. The molecule has 0 radical (unpaired) electrons. The second-order valence-electron chi connectivity index (χ2n) is 3.98. The molecule has 1 unspecified atom stereocenters. The quantitative estimate of drug-likeness (QED) is 0.737. The smallest absolute Gasteiger partial charge is 0.236 e. The Morgan fingerprint density at radius 2 is 2.00 bits per heavy atom. The zero-order valence-electron chi connectivity index (χ0n) is 11.2. The minimum Gasteiger partial charge on any atom is -0.497 e. The van der Waals surface area contributed by atoms with Crippen molar-refractivity contribution >= 4 is 18.3 Å². The molecular formula is C13H21ClN2O3. The van der Waals surface area contributed by atoms with Crippen LogP contribution in [0.5, 0.6) is 5.75 Å². The van der Waals surface area contributed by atoms with Crippen molar-refractivity contribution in [1.82, 2.24) is 5.32 Å². The lowest BCUT2D eigenvalue weighted by Gasteiger charge is -2.08. The van der Waals surface area contributed by atoms with Crippen LogP contribution in [0.3, 0.4) is 0 Å². The number of ether oxygens (including phenoxy) is 2. The third-order valence-corrected chi connectivity index (χ3v) is 2.39. The Kier molecular flexibility index (Phi) is 8.95. The minimum atomic E-state index is -0.480. The van der Waals surface area contributed by atoms with Crippen LogP contribution in [0, 0.1) is 0 Å². The molecule has 0 aliphatic rings. The van der Waals surface area contributed by atoms with Gasteiger partial charge in [0.2, 0.25) is 5.91 Å². The monoisotopic (exact) mass is 288 g/mol. The van der Waals surface area contributed by atoms with E-state index in [4.69, 9.17) is 15.2 Å². The Hall–Kier alpha value is -1.30. The van der Waals surface area contributed by atoms with Gasteiger partial charge in [0.05, 0.1) is 26.4 Å². The number of carbonyl (C=O) groups is 1. The SMILES string of the molecule is COc1ccc(COCCNC(=O)C(C)N)cc1.Cl. The molecule has 5 nitrogen and oxygen atoms in total. The molecule has 19 heavy (non-hydrogen) atoms. The van der Waals surface area contributed by atoms with Gasteiger partial charge in [-0.1, -0.05) is 12.1 Å². The molecular weight excluding hydrogens is 268 g/mol. The van der Waals surface area contributed by atoms with Crippen LogP contribution in [0.15, 0.2) is 24.3 Å². The van der Waals surface area contributed by atoms with Crippen LogP contribution >= 0.6 is 12.4 Å². The average Bonchev–Trinajstić information content (AvgIpc) is 2.38. The van der Waals surface area contributed by atoms with E-state index in [0.717, 1.165) is 11.3 Å². The highest BCUT2D eigenvalue weighted by atomic mass is 35.5. The Bertz CT molecular complexity index is 369. The summed E-state index contributed by atoms with van der Waals surface area (Å²) in [6, 6.07) is 7.18. The first-order valence-corrected chi connectivity index (χ1v) is 5.87. The van der Waals surface area contributed by atoms with Gasteiger partial charge in [0.15, 0.2) is 0 Å². The number of carbonyl (C=O) groups excluding carboxylic acids is 1. The van der Waals surface area contributed by atoms with Crippen molar-refractivity contribution in [2.45, 2.75) is 19.6 Å². The van der Waals surface area contributed by atoms with Crippen molar-refractivity contribution < 1.29 is 14.3 Å². The first-order chi connectivity index (χ1) is 8.63. The minimum absolute atomic E-state index is 0. The molecule has 0 fully saturated rings. The van der Waals surface area contributed by atoms with Gasteiger partial charge in [0.1, 0.15) is 5.75 Å². The lowest BCUT2D eigenvalue weighted by Crippen LogP contribution is -2.39. The average molecular weight is 289 g/mol. The highest BCUT2D eigenvalue weighted by Crippen LogP contribution is 2.11. The van der Waals surface area contributed by atoms with Crippen molar-refractivity contribution in [3.63, 3.8) is 0 Å². The van der Waals surface area contributed by atoms with Crippen LogP contribution in [0.4, 0.5) is 0 Å². The van der Waals surface area contributed by atoms with Crippen molar-refractivity contribution in [3.05, 3.63) is 29.8 Å². The van der Waals surface area contributed by atoms with Crippen LogP contribution in [-0.2, 0) is 16.1 Å². The summed E-state index contributed by atoms with van der Waals surface area (Å²) >= 11 is 0. The van der Waals surface area contributed by atoms with Crippen LogP contribution in [-0.4, -0.2) is 32.2 Å². The number of halogens is 1. The molecule has 0 aliphatic carbocycles. The van der Waals surface area contributed by atoms with Gasteiger partial charge in [-0.25, -0.2) is 0 Å². The summed E-state index contributed by atoms with van der Waals surface area (Å²) in [6.07, 6.45) is 0. The Morgan fingerprint density at radius 1 is 1.37 bits per heavy atom. The van der Waals surface area contributed by atoms with Crippen molar-refractivity contribution in [3.8, 4) is 5.75 Å². The van der Waals surface area contributed by atoms with E-state index in [2.05, 4.69) is 5.32 Å². The van der Waals surface area contributed by atoms with Crippen molar-refractivity contribution in [2.75, 3.05) is 20.3 Å². The number of hydrogen-bond donors (Lipinski definition) is 2. The first kappa shape index (κ1) is 17.7. The van der Waals surface area contributed by atoms with Gasteiger partial charge in [0, 0.05) is 6.54 Å². The Morgan fingerprint density at radius 3 is 2.53 bits per heavy atom. The normalized spacial score (nSPS) is 11.3. The molecule has 0 saturated heterocycles. The van der Waals surface area contributed by atoms with E-state index in [1.54, 1.807) is 14.0 Å². The Labute approximate surface area is 119 Å². The van der Waals surface area contributed by atoms with Crippen LogP contribution in [0.2, 0.25) is 0 Å². The van der Waals surface area contributed by atoms with Crippen molar-refractivity contribution in [2.24, 2.45) is 5.73 Å². The molecule has 0 saturated carbocycles. The molecule has 0 heterocycles. The van der Waals surface area contributed by atoms with Gasteiger partial charge >= 0.3 is 0 Å². The summed E-state index contributed by atoms with van der Waals surface area (Å²) in [5.74, 6) is 0.658. The molecule has 1 aromatic rings. The molecule has 1 atom stereocenters. The summed E-state index contributed by atoms with van der Waals surface area (Å²) in [5.41, 5.74) is 6.47. The zero-order chi connectivity index (χ0) is 13.4. The highest BCUT2D eigenvalue weighted by molar-refractivity contribution is 5.85. The zero-order valence-corrected chi connectivity index (χ0v) is 12.0. The fraction of sp³-hybridized carbons (Fsp3) is 0.462. The van der Waals surface area contributed by atoms with E-state index in [1.165, 1.54) is 0 Å². The van der Waals surface area contributed by atoms with Crippen LogP contribution in [0.25, 0.3) is 0 Å². The molecule has 108 valence electrons. The molecule has 0 aromatic heterocycles. The maximum Gasteiger partial charge on any atom is 0.236 e. The van der Waals surface area contributed by atoms with Crippen molar-refractivity contribution in [1.29, 1.82) is 0 Å². The van der Waals surface area contributed by atoms with Gasteiger partial charge < -0.3 is 20.5 Å². The molecule has 3 N–H and O–H groups in total. The molecule has 0 aliphatic heterocycles. The summed E-state index contributed by atoms with van der Waals surface area (Å²) < 4.78 is 10.5. The van der Waals surface area contributed by atoms with E-state index in [1.807, 2.05) is 24.3 Å². The molecule has 0 bridgehead atoms. The fourth-order valence-corrected chi connectivity index (χ4v) is 1.32. The van der Waals surface area contributed by atoms with Gasteiger partial charge in [-0.15, -0.1) is 12.4 Å². The highest BCUT2D eigenvalue weighted by Gasteiger charge is 2.04. The third kappa shape index (κ3) is 7.00. The predicted molar refractivity (Wildman–Crippen MR) is 76.6 cm³/mol. The maximum absolute atomic E-state index is 11.1. The summed E-state index contributed by atoms with van der Waals surface area (Å²) in [4.78, 5) is 11.1. The molecule has 1 amide bonds. The largest absolute Gasteiger partial charge is 0.497 e. The van der Waals surface area contributed by atoms with E-state index >= 15 is 0 Å². The molecule has 6 heteroatoms. The number of hydrogen-bond acceptors (Lipinski definition) is 4. The topological polar surface area (TPSA) is 73.6 Å². The number of benzene rings is 1. The number of amides is 1. The third-order valence-electron chi connectivity index (χ3n) is 2.39. The lowest BCUT2D eigenvalue weighted by molar-refractivity contribution is -0.122. The molecule has 1 aromatic carbocycles.